The number of Topliss-reactive ketones (excluding diaryl/α,β-unsaturated/α-hetero) is 1. The number of benzene rings is 4. The van der Waals surface area contributed by atoms with E-state index in [-0.39, 0.29) is 67.8 Å². The SMILES string of the molecule is O=C(CCCCN(CCCCN(CCCNC(=O)c1cccc(O)c1O)C(=O)c1cccc(O)c1O)C(=O)c1cccc(O)c1O)c1cccc(O)c1O. The van der Waals surface area contributed by atoms with Crippen LogP contribution in [0.3, 0.4) is 0 Å². The van der Waals surface area contributed by atoms with Crippen molar-refractivity contribution >= 4 is 23.5 Å². The van der Waals surface area contributed by atoms with Gasteiger partial charge in [0, 0.05) is 39.1 Å². The predicted octanol–water partition coefficient (Wildman–Crippen LogP) is 4.57. The lowest BCUT2D eigenvalue weighted by atomic mass is 10.0. The van der Waals surface area contributed by atoms with Gasteiger partial charge in [-0.2, -0.15) is 0 Å². The van der Waals surface area contributed by atoms with Crippen LogP contribution in [0.15, 0.2) is 72.8 Å². The molecule has 4 aromatic carbocycles. The highest BCUT2D eigenvalue weighted by atomic mass is 16.3. The van der Waals surface area contributed by atoms with Gasteiger partial charge in [0.25, 0.3) is 17.7 Å². The zero-order valence-electron chi connectivity index (χ0n) is 29.3. The Hall–Kier alpha value is -6.64. The van der Waals surface area contributed by atoms with E-state index in [2.05, 4.69) is 5.32 Å². The molecule has 0 unspecified atom stereocenters. The van der Waals surface area contributed by atoms with Crippen molar-refractivity contribution in [3.8, 4) is 46.0 Å². The number of aromatic hydroxyl groups is 8. The van der Waals surface area contributed by atoms with Crippen LogP contribution in [0.2, 0.25) is 0 Å². The van der Waals surface area contributed by atoms with Gasteiger partial charge >= 0.3 is 0 Å². The zero-order valence-corrected chi connectivity index (χ0v) is 29.3. The molecule has 0 saturated heterocycles. The van der Waals surface area contributed by atoms with E-state index in [1.165, 1.54) is 82.6 Å². The summed E-state index contributed by atoms with van der Waals surface area (Å²) in [5, 5.41) is 82.9. The molecule has 0 aromatic heterocycles. The maximum Gasteiger partial charge on any atom is 0.257 e. The summed E-state index contributed by atoms with van der Waals surface area (Å²) in [6, 6.07) is 16.1. The number of carbonyl (C=O) groups excluding carboxylic acids is 4. The standard InChI is InChI=1S/C39H43N3O12/c43-28(24-10-5-15-29(44)33(24)48)14-1-2-20-41(38(53)26-12-7-17-31(46)35(26)50)21-3-4-22-42(39(54)27-13-8-18-32(47)36(27)51)23-9-19-40-37(52)25-11-6-16-30(45)34(25)49/h5-8,10-13,15-18,44-51H,1-4,9,14,19-23H2,(H,40,52). The van der Waals surface area contributed by atoms with Crippen LogP contribution >= 0.6 is 0 Å². The number of amides is 3. The number of para-hydroxylation sites is 4. The number of unbranched alkanes of at least 4 members (excludes halogenated alkanes) is 2. The molecule has 0 heterocycles. The summed E-state index contributed by atoms with van der Waals surface area (Å²) in [5.41, 5.74) is -0.432. The first-order valence-electron chi connectivity index (χ1n) is 17.3. The van der Waals surface area contributed by atoms with Crippen molar-refractivity contribution in [3.63, 3.8) is 0 Å². The summed E-state index contributed by atoms with van der Waals surface area (Å²) in [6.07, 6.45) is 1.64. The summed E-state index contributed by atoms with van der Waals surface area (Å²) in [7, 11) is 0. The minimum Gasteiger partial charge on any atom is -0.504 e. The first kappa shape index (κ1) is 40.1. The molecular weight excluding hydrogens is 702 g/mol. The lowest BCUT2D eigenvalue weighted by molar-refractivity contribution is 0.0714. The van der Waals surface area contributed by atoms with Gasteiger partial charge in [-0.05, 0) is 80.6 Å². The van der Waals surface area contributed by atoms with Crippen LogP contribution < -0.4 is 5.32 Å². The number of nitrogens with one attached hydrogen (secondary N) is 1. The van der Waals surface area contributed by atoms with Gasteiger partial charge in [-0.15, -0.1) is 0 Å². The van der Waals surface area contributed by atoms with Gasteiger partial charge in [0.15, 0.2) is 51.8 Å². The number of carbonyl (C=O) groups is 4. The average molecular weight is 746 g/mol. The van der Waals surface area contributed by atoms with E-state index in [4.69, 9.17) is 0 Å². The number of ketones is 1. The molecule has 0 fully saturated rings. The summed E-state index contributed by atoms with van der Waals surface area (Å²) in [4.78, 5) is 55.2. The molecule has 0 radical (unpaired) electrons. The smallest absolute Gasteiger partial charge is 0.257 e. The van der Waals surface area contributed by atoms with Gasteiger partial charge < -0.3 is 56.0 Å². The number of rotatable bonds is 18. The summed E-state index contributed by atoms with van der Waals surface area (Å²) < 4.78 is 0. The molecule has 4 rings (SSSR count). The minimum absolute atomic E-state index is 0.0187. The fraction of sp³-hybridized carbons (Fsp3) is 0.282. The average Bonchev–Trinajstić information content (AvgIpc) is 3.15. The third kappa shape index (κ3) is 10.0. The van der Waals surface area contributed by atoms with Crippen molar-refractivity contribution in [1.82, 2.24) is 15.1 Å². The second-order valence-electron chi connectivity index (χ2n) is 12.5. The van der Waals surface area contributed by atoms with Gasteiger partial charge in [-0.1, -0.05) is 24.3 Å². The number of hydrogen-bond acceptors (Lipinski definition) is 12. The first-order valence-corrected chi connectivity index (χ1v) is 17.3. The predicted molar refractivity (Wildman–Crippen MR) is 195 cm³/mol. The van der Waals surface area contributed by atoms with E-state index in [1.54, 1.807) is 0 Å². The molecule has 4 aromatic rings. The Labute approximate surface area is 310 Å². The fourth-order valence-electron chi connectivity index (χ4n) is 5.74. The maximum absolute atomic E-state index is 13.6. The Morgan fingerprint density at radius 1 is 0.444 bits per heavy atom. The van der Waals surface area contributed by atoms with Gasteiger partial charge in [-0.3, -0.25) is 19.2 Å². The lowest BCUT2D eigenvalue weighted by Gasteiger charge is -2.26. The third-order valence-electron chi connectivity index (χ3n) is 8.72. The Morgan fingerprint density at radius 3 is 1.26 bits per heavy atom. The van der Waals surface area contributed by atoms with Crippen molar-refractivity contribution in [3.05, 3.63) is 95.1 Å². The van der Waals surface area contributed by atoms with Crippen LogP contribution in [0, 0.1) is 0 Å². The third-order valence-corrected chi connectivity index (χ3v) is 8.72. The second-order valence-corrected chi connectivity index (χ2v) is 12.5. The molecule has 0 aliphatic rings. The molecule has 15 nitrogen and oxygen atoms in total. The number of phenols is 8. The monoisotopic (exact) mass is 745 g/mol. The summed E-state index contributed by atoms with van der Waals surface area (Å²) in [5.74, 6) is -6.30. The largest absolute Gasteiger partial charge is 0.504 e. The van der Waals surface area contributed by atoms with Crippen LogP contribution in [-0.4, -0.2) is 107 Å². The Bertz CT molecular complexity index is 1840. The highest BCUT2D eigenvalue weighted by molar-refractivity contribution is 6.00. The Balaban J connectivity index is 1.40. The van der Waals surface area contributed by atoms with E-state index in [0.717, 1.165) is 0 Å². The van der Waals surface area contributed by atoms with E-state index in [9.17, 15) is 60.0 Å². The molecule has 0 aliphatic carbocycles. The highest BCUT2D eigenvalue weighted by Gasteiger charge is 2.23. The molecule has 0 bridgehead atoms. The van der Waals surface area contributed by atoms with E-state index in [0.29, 0.717) is 25.7 Å². The van der Waals surface area contributed by atoms with Crippen molar-refractivity contribution < 1.29 is 60.0 Å². The normalized spacial score (nSPS) is 10.8. The zero-order chi connectivity index (χ0) is 39.4. The van der Waals surface area contributed by atoms with Gasteiger partial charge in [0.05, 0.1) is 22.3 Å². The number of nitrogens with zero attached hydrogens (tertiary/aromatic N) is 2. The molecule has 54 heavy (non-hydrogen) atoms. The van der Waals surface area contributed by atoms with Crippen LogP contribution in [0.1, 0.15) is 80.0 Å². The molecule has 3 amide bonds. The Morgan fingerprint density at radius 2 is 0.796 bits per heavy atom. The van der Waals surface area contributed by atoms with Crippen LogP contribution in [-0.2, 0) is 0 Å². The molecule has 0 aliphatic heterocycles. The van der Waals surface area contributed by atoms with E-state index in [1.807, 2.05) is 0 Å². The first-order chi connectivity index (χ1) is 25.8. The summed E-state index contributed by atoms with van der Waals surface area (Å²) >= 11 is 0. The van der Waals surface area contributed by atoms with Gasteiger partial charge in [0.1, 0.15) is 0 Å². The van der Waals surface area contributed by atoms with Gasteiger partial charge in [0.2, 0.25) is 0 Å². The number of hydrogen-bond donors (Lipinski definition) is 9. The lowest BCUT2D eigenvalue weighted by Crippen LogP contribution is -2.36. The maximum atomic E-state index is 13.6. The van der Waals surface area contributed by atoms with Crippen molar-refractivity contribution in [2.75, 3.05) is 32.7 Å². The van der Waals surface area contributed by atoms with Crippen LogP contribution in [0.25, 0.3) is 0 Å². The van der Waals surface area contributed by atoms with E-state index >= 15 is 0 Å². The molecule has 0 spiro atoms. The van der Waals surface area contributed by atoms with Crippen molar-refractivity contribution in [2.24, 2.45) is 0 Å². The van der Waals surface area contributed by atoms with Crippen LogP contribution in [0.4, 0.5) is 0 Å². The van der Waals surface area contributed by atoms with Crippen LogP contribution in [0.5, 0.6) is 46.0 Å². The molecule has 0 saturated carbocycles. The molecule has 15 heteroatoms. The minimum atomic E-state index is -0.642. The Kier molecular flexibility index (Phi) is 13.9. The topological polar surface area (TPSA) is 249 Å². The molecule has 286 valence electrons. The van der Waals surface area contributed by atoms with Crippen molar-refractivity contribution in [2.45, 2.75) is 38.5 Å². The highest BCUT2D eigenvalue weighted by Crippen LogP contribution is 2.32. The van der Waals surface area contributed by atoms with E-state index < -0.39 is 69.5 Å². The molecule has 0 atom stereocenters. The van der Waals surface area contributed by atoms with Gasteiger partial charge in [-0.25, -0.2) is 0 Å². The van der Waals surface area contributed by atoms with Crippen molar-refractivity contribution in [1.29, 1.82) is 0 Å². The quantitative estimate of drug-likeness (QED) is 0.0386. The second kappa shape index (κ2) is 18.7. The molecular formula is C39H43N3O12. The fourth-order valence-corrected chi connectivity index (χ4v) is 5.74. The molecule has 9 N–H and O–H groups in total. The summed E-state index contributed by atoms with van der Waals surface area (Å²) in [6.45, 7) is 0.617. The number of phenolic OH excluding ortho intramolecular Hbond substituents is 8.